The molecule has 0 unspecified atom stereocenters. The molecule has 0 spiro atoms. The third kappa shape index (κ3) is 1.90. The second-order valence-corrected chi connectivity index (χ2v) is 5.11. The van der Waals surface area contributed by atoms with Crippen LogP contribution in [0, 0.1) is 4.91 Å². The van der Waals surface area contributed by atoms with Gasteiger partial charge < -0.3 is 20.1 Å². The molecule has 0 bridgehead atoms. The Hall–Kier alpha value is -1.25. The number of hydrogen-bond acceptors (Lipinski definition) is 7. The van der Waals surface area contributed by atoms with Crippen LogP contribution >= 0.6 is 8.51 Å². The summed E-state index contributed by atoms with van der Waals surface area (Å²) < 4.78 is 11.6. The van der Waals surface area contributed by atoms with E-state index in [4.69, 9.17) is 9.84 Å². The maximum Gasteiger partial charge on any atom is 0.393 e. The van der Waals surface area contributed by atoms with Crippen molar-refractivity contribution < 1.29 is 24.8 Å². The molecule has 0 radical (unpaired) electrons. The number of aromatic nitrogens is 2. The van der Waals surface area contributed by atoms with Gasteiger partial charge in [-0.3, -0.25) is 0 Å². The summed E-state index contributed by atoms with van der Waals surface area (Å²) in [5.74, 6) is 0.231. The van der Waals surface area contributed by atoms with E-state index >= 15 is 0 Å². The van der Waals surface area contributed by atoms with Crippen molar-refractivity contribution in [1.82, 2.24) is 9.08 Å². The second kappa shape index (κ2) is 4.69. The smallest absolute Gasteiger partial charge is 0.393 e. The molecule has 102 valence electrons. The monoisotopic (exact) mass is 287 g/mol. The Labute approximate surface area is 109 Å². The van der Waals surface area contributed by atoms with E-state index in [-0.39, 0.29) is 12.5 Å². The minimum atomic E-state index is -1.19. The number of aliphatic hydroxyl groups is 3. The lowest BCUT2D eigenvalue weighted by Gasteiger charge is -2.15. The van der Waals surface area contributed by atoms with Crippen LogP contribution < -0.4 is 0 Å². The minimum absolute atomic E-state index is 0.0122. The molecule has 1 fully saturated rings. The topological polar surface area (TPSA) is 120 Å². The molecule has 1 aromatic heterocycles. The molecule has 0 aromatic carbocycles. The Balaban J connectivity index is 1.97. The van der Waals surface area contributed by atoms with E-state index < -0.39 is 31.1 Å². The maximum absolute atomic E-state index is 11.5. The van der Waals surface area contributed by atoms with Gasteiger partial charge in [0.15, 0.2) is 11.9 Å². The van der Waals surface area contributed by atoms with Crippen LogP contribution in [-0.4, -0.2) is 67.0 Å². The summed E-state index contributed by atoms with van der Waals surface area (Å²) in [5, 5.41) is 28.7. The molecule has 2 aliphatic heterocycles. The van der Waals surface area contributed by atoms with Gasteiger partial charge in [-0.1, -0.05) is 4.91 Å². The molecule has 2 aliphatic rings. The average molecular weight is 287 g/mol. The van der Waals surface area contributed by atoms with Crippen molar-refractivity contribution in [3.05, 3.63) is 10.6 Å². The lowest BCUT2D eigenvalue weighted by molar-refractivity contribution is -0.466. The van der Waals surface area contributed by atoms with Crippen LogP contribution in [0.4, 0.5) is 5.82 Å². The zero-order chi connectivity index (χ0) is 13.6. The summed E-state index contributed by atoms with van der Waals surface area (Å²) in [6.45, 7) is -0.411. The number of aliphatic imine (C=N–C) groups is 1. The van der Waals surface area contributed by atoms with Crippen molar-refractivity contribution in [2.24, 2.45) is 4.99 Å². The van der Waals surface area contributed by atoms with Gasteiger partial charge in [-0.05, 0) is 0 Å². The first-order chi connectivity index (χ1) is 9.13. The maximum atomic E-state index is 11.5. The fraction of sp³-hybridized carbons (Fsp3) is 0.667. The van der Waals surface area contributed by atoms with Gasteiger partial charge in [0.1, 0.15) is 18.3 Å². The summed E-state index contributed by atoms with van der Waals surface area (Å²) in [4.78, 5) is 15.4. The van der Waals surface area contributed by atoms with Crippen molar-refractivity contribution >= 4 is 20.5 Å². The molecule has 3 heterocycles. The lowest BCUT2D eigenvalue weighted by atomic mass is 10.1. The first-order valence-corrected chi connectivity index (χ1v) is 6.45. The summed E-state index contributed by atoms with van der Waals surface area (Å²) in [6, 6.07) is 0. The molecular formula is C9H12N4O5P+. The number of hydrogen-bond donors (Lipinski definition) is 3. The summed E-state index contributed by atoms with van der Waals surface area (Å²) in [7, 11) is 0.407. The zero-order valence-corrected chi connectivity index (χ0v) is 10.6. The Morgan fingerprint density at radius 2 is 2.32 bits per heavy atom. The van der Waals surface area contributed by atoms with E-state index in [0.29, 0.717) is 19.0 Å². The fourth-order valence-corrected chi connectivity index (χ4v) is 3.04. The number of rotatable bonds is 2. The third-order valence-electron chi connectivity index (χ3n) is 3.13. The molecule has 0 aliphatic carbocycles. The normalized spacial score (nSPS) is 34.2. The van der Waals surface area contributed by atoms with E-state index in [1.54, 1.807) is 0 Å². The van der Waals surface area contributed by atoms with Gasteiger partial charge in [0.2, 0.25) is 6.67 Å². The molecular weight excluding hydrogens is 275 g/mol. The Morgan fingerprint density at radius 3 is 3.00 bits per heavy atom. The van der Waals surface area contributed by atoms with E-state index in [9.17, 15) is 15.1 Å². The molecule has 0 saturated carbocycles. The van der Waals surface area contributed by atoms with Crippen LogP contribution in [-0.2, 0) is 4.74 Å². The lowest BCUT2D eigenvalue weighted by Crippen LogP contribution is -2.33. The molecule has 10 heteroatoms. The van der Waals surface area contributed by atoms with Gasteiger partial charge in [0.05, 0.1) is 12.8 Å². The van der Waals surface area contributed by atoms with E-state index in [1.165, 1.54) is 10.5 Å². The van der Waals surface area contributed by atoms with E-state index in [1.807, 2.05) is 0 Å². The Morgan fingerprint density at radius 1 is 1.53 bits per heavy atom. The van der Waals surface area contributed by atoms with Crippen molar-refractivity contribution in [2.45, 2.75) is 24.5 Å². The molecule has 1 aromatic rings. The summed E-state index contributed by atoms with van der Waals surface area (Å²) in [6.07, 6.45) is -2.62. The van der Waals surface area contributed by atoms with Crippen LogP contribution in [0.25, 0.3) is 0 Å². The SMILES string of the molecule is O=[N+]1CN=Cc2c1npn2[C@@H]1O[C@H](CO)[C@@H](O)[C@H]1O. The van der Waals surface area contributed by atoms with E-state index in [2.05, 4.69) is 9.74 Å². The van der Waals surface area contributed by atoms with Gasteiger partial charge in [-0.25, -0.2) is 9.32 Å². The predicted molar refractivity (Wildman–Crippen MR) is 63.5 cm³/mol. The third-order valence-corrected chi connectivity index (χ3v) is 4.04. The van der Waals surface area contributed by atoms with Crippen LogP contribution in [0.5, 0.6) is 0 Å². The zero-order valence-electron chi connectivity index (χ0n) is 9.70. The van der Waals surface area contributed by atoms with E-state index in [0.717, 1.165) is 0 Å². The Bertz CT molecular complexity index is 547. The molecule has 3 rings (SSSR count). The first kappa shape index (κ1) is 12.8. The van der Waals surface area contributed by atoms with Gasteiger partial charge in [0.25, 0.3) is 8.51 Å². The number of fused-ring (bicyclic) bond motifs is 1. The van der Waals surface area contributed by atoms with Crippen LogP contribution in [0.3, 0.4) is 0 Å². The quantitative estimate of drug-likeness (QED) is 0.592. The summed E-state index contributed by atoms with van der Waals surface area (Å²) >= 11 is 0. The van der Waals surface area contributed by atoms with Crippen molar-refractivity contribution in [2.75, 3.05) is 13.3 Å². The van der Waals surface area contributed by atoms with Crippen LogP contribution in [0.2, 0.25) is 0 Å². The highest BCUT2D eigenvalue weighted by Gasteiger charge is 2.46. The molecule has 19 heavy (non-hydrogen) atoms. The number of nitrogens with zero attached hydrogens (tertiary/aromatic N) is 4. The largest absolute Gasteiger partial charge is 0.394 e. The number of nitroso groups, excluding NO2 is 1. The molecule has 9 nitrogen and oxygen atoms in total. The minimum Gasteiger partial charge on any atom is -0.394 e. The molecule has 0 amide bonds. The van der Waals surface area contributed by atoms with Gasteiger partial charge in [-0.2, -0.15) is 0 Å². The van der Waals surface area contributed by atoms with Gasteiger partial charge in [-0.15, -0.1) is 0 Å². The van der Waals surface area contributed by atoms with Crippen molar-refractivity contribution in [1.29, 1.82) is 0 Å². The highest BCUT2D eigenvalue weighted by molar-refractivity contribution is 7.21. The second-order valence-electron chi connectivity index (χ2n) is 4.30. The number of aliphatic hydroxyl groups excluding tert-OH is 3. The number of ether oxygens (including phenoxy) is 1. The van der Waals surface area contributed by atoms with Crippen molar-refractivity contribution in [3.63, 3.8) is 0 Å². The van der Waals surface area contributed by atoms with Gasteiger partial charge >= 0.3 is 5.82 Å². The Kier molecular flexibility index (Phi) is 3.15. The predicted octanol–water partition coefficient (Wildman–Crippen LogP) is -1.12. The molecule has 4 atom stereocenters. The summed E-state index contributed by atoms with van der Waals surface area (Å²) in [5.41, 5.74) is 0.442. The van der Waals surface area contributed by atoms with Crippen molar-refractivity contribution in [3.8, 4) is 0 Å². The van der Waals surface area contributed by atoms with Crippen LogP contribution in [0.15, 0.2) is 4.99 Å². The average Bonchev–Trinajstić information content (AvgIpc) is 2.94. The molecule has 1 saturated heterocycles. The molecule has 3 N–H and O–H groups in total. The van der Waals surface area contributed by atoms with Gasteiger partial charge in [0, 0.05) is 9.51 Å². The fourth-order valence-electron chi connectivity index (χ4n) is 2.13. The highest BCUT2D eigenvalue weighted by atomic mass is 31.1. The van der Waals surface area contributed by atoms with Crippen LogP contribution in [0.1, 0.15) is 11.9 Å². The highest BCUT2D eigenvalue weighted by Crippen LogP contribution is 2.35. The standard InChI is InChI=1S/C9H12N4O5P/c14-2-5-6(15)7(16)9(18-5)13-4-1-10-3-12(17)8(4)11-19-13/h1,5-7,9,14-16H,2-3H2/q+1/t5-,6-,7-,9-/m1/s1. The first-order valence-electron chi connectivity index (χ1n) is 5.65.